The number of ether oxygens (including phenoxy) is 2. The molecule has 3 atom stereocenters. The van der Waals surface area contributed by atoms with Gasteiger partial charge in [0.15, 0.2) is 5.96 Å². The van der Waals surface area contributed by atoms with Crippen LogP contribution in [0.25, 0.3) is 10.8 Å². The van der Waals surface area contributed by atoms with Gasteiger partial charge in [0.2, 0.25) is 21.8 Å². The number of sulfonamides is 1. The highest BCUT2D eigenvalue weighted by Crippen LogP contribution is 2.20. The van der Waals surface area contributed by atoms with Gasteiger partial charge in [-0.1, -0.05) is 60.7 Å². The Kier molecular flexibility index (Phi) is 14.1. The van der Waals surface area contributed by atoms with Crippen molar-refractivity contribution in [3.05, 3.63) is 78.4 Å². The molecule has 2 fully saturated rings. The number of aliphatic carboxylic acids is 1. The normalized spacial score (nSPS) is 18.4. The van der Waals surface area contributed by atoms with Crippen molar-refractivity contribution in [1.29, 1.82) is 5.41 Å². The first kappa shape index (κ1) is 38.2. The van der Waals surface area contributed by atoms with E-state index in [1.54, 1.807) is 17.0 Å². The summed E-state index contributed by atoms with van der Waals surface area (Å²) in [7, 11) is -4.17. The van der Waals surface area contributed by atoms with E-state index in [0.717, 1.165) is 36.1 Å². The number of morpholine rings is 1. The molecule has 6 N–H and O–H groups in total. The Morgan fingerprint density at radius 3 is 2.44 bits per heavy atom. The molecule has 0 saturated carbocycles. The van der Waals surface area contributed by atoms with Gasteiger partial charge in [-0.25, -0.2) is 8.42 Å². The van der Waals surface area contributed by atoms with Crippen LogP contribution >= 0.6 is 0 Å². The number of amides is 2. The molecule has 2 saturated heterocycles. The minimum Gasteiger partial charge on any atom is -0.481 e. The number of carboxylic acids is 1. The Labute approximate surface area is 292 Å². The van der Waals surface area contributed by atoms with Crippen LogP contribution in [0.2, 0.25) is 0 Å². The number of piperidine rings is 1. The molecule has 50 heavy (non-hydrogen) atoms. The number of nitrogens with zero attached hydrogens (tertiary/aromatic N) is 2. The summed E-state index contributed by atoms with van der Waals surface area (Å²) in [5.74, 6) is -1.70. The third kappa shape index (κ3) is 11.8. The third-order valence-corrected chi connectivity index (χ3v) is 9.80. The number of rotatable bonds is 12. The van der Waals surface area contributed by atoms with Crippen molar-refractivity contribution in [2.45, 2.75) is 49.8 Å². The molecule has 15 heteroatoms. The predicted molar refractivity (Wildman–Crippen MR) is 188 cm³/mol. The highest BCUT2D eigenvalue weighted by molar-refractivity contribution is 7.89. The number of nitrogens with two attached hydrogens (primary N) is 1. The number of nitrogens with one attached hydrogen (secondary N) is 3. The molecular weight excluding hydrogens is 664 g/mol. The van der Waals surface area contributed by atoms with E-state index in [9.17, 15) is 18.0 Å². The number of carbonyl (C=O) groups is 3. The van der Waals surface area contributed by atoms with Gasteiger partial charge >= 0.3 is 0 Å². The second kappa shape index (κ2) is 18.4. The first-order valence-electron chi connectivity index (χ1n) is 16.5. The second-order valence-corrected chi connectivity index (χ2v) is 14.0. The van der Waals surface area contributed by atoms with Crippen LogP contribution < -0.4 is 15.8 Å². The van der Waals surface area contributed by atoms with Gasteiger partial charge in [0.1, 0.15) is 6.04 Å². The van der Waals surface area contributed by atoms with E-state index in [1.807, 2.05) is 54.6 Å². The molecule has 3 aromatic carbocycles. The molecule has 2 aliphatic heterocycles. The topological polar surface area (TPSA) is 204 Å². The van der Waals surface area contributed by atoms with E-state index in [2.05, 4.69) is 10.0 Å². The number of hydrogen-bond acceptors (Lipinski definition) is 8. The molecule has 3 aromatic rings. The molecule has 0 radical (unpaired) electrons. The molecule has 3 unspecified atom stereocenters. The van der Waals surface area contributed by atoms with Crippen LogP contribution in [-0.2, 0) is 40.5 Å². The summed E-state index contributed by atoms with van der Waals surface area (Å²) >= 11 is 0. The average molecular weight is 711 g/mol. The van der Waals surface area contributed by atoms with Crippen LogP contribution in [0.15, 0.2) is 77.7 Å². The first-order chi connectivity index (χ1) is 23.9. The maximum absolute atomic E-state index is 13.9. The van der Waals surface area contributed by atoms with E-state index >= 15 is 0 Å². The van der Waals surface area contributed by atoms with E-state index in [-0.39, 0.29) is 49.5 Å². The lowest BCUT2D eigenvalue weighted by atomic mass is 9.98. The zero-order chi connectivity index (χ0) is 36.1. The van der Waals surface area contributed by atoms with Crippen molar-refractivity contribution in [3.8, 4) is 0 Å². The van der Waals surface area contributed by atoms with Gasteiger partial charge in [-0.2, -0.15) is 4.72 Å². The molecule has 270 valence electrons. The SMILES string of the molecule is CC(=O)O.N=C(N)N1CCCC(CNC(=O)CC(NS(=O)(=O)c2ccc3ccccc3c2)C(=O)N2CCOC(COCc3ccccc3)C2)C1. The highest BCUT2D eigenvalue weighted by atomic mass is 32.2. The number of benzene rings is 3. The second-order valence-electron chi connectivity index (χ2n) is 12.3. The van der Waals surface area contributed by atoms with Gasteiger partial charge in [0.25, 0.3) is 5.97 Å². The van der Waals surface area contributed by atoms with Crippen molar-refractivity contribution in [2.24, 2.45) is 11.7 Å². The molecule has 5 rings (SSSR count). The maximum atomic E-state index is 13.9. The van der Waals surface area contributed by atoms with Crippen LogP contribution in [-0.4, -0.2) is 105 Å². The largest absolute Gasteiger partial charge is 0.481 e. The van der Waals surface area contributed by atoms with Crippen LogP contribution in [0.1, 0.15) is 31.7 Å². The van der Waals surface area contributed by atoms with Gasteiger partial charge in [-0.3, -0.25) is 19.8 Å². The maximum Gasteiger partial charge on any atom is 0.300 e. The molecule has 0 bridgehead atoms. The quantitative estimate of drug-likeness (QED) is 0.137. The zero-order valence-electron chi connectivity index (χ0n) is 28.1. The van der Waals surface area contributed by atoms with Crippen LogP contribution in [0.3, 0.4) is 0 Å². The van der Waals surface area contributed by atoms with Crippen molar-refractivity contribution >= 4 is 44.5 Å². The lowest BCUT2D eigenvalue weighted by Gasteiger charge is -2.35. The number of guanidine groups is 1. The summed E-state index contributed by atoms with van der Waals surface area (Å²) < 4.78 is 41.4. The van der Waals surface area contributed by atoms with Crippen molar-refractivity contribution < 1.29 is 37.4 Å². The fourth-order valence-electron chi connectivity index (χ4n) is 5.86. The van der Waals surface area contributed by atoms with Gasteiger partial charge < -0.3 is 35.4 Å². The summed E-state index contributed by atoms with van der Waals surface area (Å²) in [5, 5.41) is 19.6. The average Bonchev–Trinajstić information content (AvgIpc) is 3.10. The number of carboxylic acid groups (broad SMARTS) is 1. The Hall–Kier alpha value is -4.57. The Balaban J connectivity index is 0.00000133. The fourth-order valence-corrected chi connectivity index (χ4v) is 7.08. The number of hydrogen-bond donors (Lipinski definition) is 5. The summed E-state index contributed by atoms with van der Waals surface area (Å²) in [6.07, 6.45) is 0.938. The minimum atomic E-state index is -4.17. The third-order valence-electron chi connectivity index (χ3n) is 8.33. The van der Waals surface area contributed by atoms with Gasteiger partial charge in [0, 0.05) is 39.6 Å². The summed E-state index contributed by atoms with van der Waals surface area (Å²) in [6, 6.07) is 20.5. The predicted octanol–water partition coefficient (Wildman–Crippen LogP) is 2.13. The molecule has 0 spiro atoms. The minimum absolute atomic E-state index is 0.000865. The van der Waals surface area contributed by atoms with Gasteiger partial charge in [0.05, 0.1) is 37.2 Å². The molecular formula is C35H46N6O8S. The lowest BCUT2D eigenvalue weighted by Crippen LogP contribution is -2.55. The van der Waals surface area contributed by atoms with Crippen molar-refractivity contribution in [2.75, 3.05) is 45.9 Å². The lowest BCUT2D eigenvalue weighted by molar-refractivity contribution is -0.144. The van der Waals surface area contributed by atoms with Crippen molar-refractivity contribution in [1.82, 2.24) is 19.8 Å². The molecule has 0 aromatic heterocycles. The number of likely N-dealkylation sites (tertiary alicyclic amines) is 1. The van der Waals surface area contributed by atoms with Gasteiger partial charge in [-0.05, 0) is 47.2 Å². The molecule has 2 heterocycles. The Bertz CT molecular complexity index is 1720. The standard InChI is InChI=1S/C33H42N6O6S.C2H4O2/c34-33(35)39-14-6-9-25(20-39)19-36-31(40)18-30(37-46(42,43)29-13-12-26-10-4-5-11-27(26)17-29)32(41)38-15-16-45-28(21-38)23-44-22-24-7-2-1-3-8-24;1-2(3)4/h1-5,7-8,10-13,17,25,28,30,37H,6,9,14-16,18-23H2,(H3,34,35)(H,36,40);1H3,(H,3,4). The van der Waals surface area contributed by atoms with Crippen LogP contribution in [0, 0.1) is 11.3 Å². The van der Waals surface area contributed by atoms with E-state index < -0.39 is 40.0 Å². The number of fused-ring (bicyclic) bond motifs is 1. The smallest absolute Gasteiger partial charge is 0.300 e. The van der Waals surface area contributed by atoms with Crippen LogP contribution in [0.4, 0.5) is 0 Å². The summed E-state index contributed by atoms with van der Waals surface area (Å²) in [6.45, 7) is 4.03. The van der Waals surface area contributed by atoms with E-state index in [0.29, 0.717) is 26.2 Å². The number of carbonyl (C=O) groups excluding carboxylic acids is 2. The molecule has 2 amide bonds. The monoisotopic (exact) mass is 710 g/mol. The first-order valence-corrected chi connectivity index (χ1v) is 18.0. The van der Waals surface area contributed by atoms with Crippen LogP contribution in [0.5, 0.6) is 0 Å². The Morgan fingerprint density at radius 1 is 1.02 bits per heavy atom. The highest BCUT2D eigenvalue weighted by Gasteiger charge is 2.34. The summed E-state index contributed by atoms with van der Waals surface area (Å²) in [4.78, 5) is 39.4. The van der Waals surface area contributed by atoms with Crippen molar-refractivity contribution in [3.63, 3.8) is 0 Å². The fraction of sp³-hybridized carbons (Fsp3) is 0.429. The molecule has 0 aliphatic carbocycles. The molecule has 2 aliphatic rings. The molecule has 14 nitrogen and oxygen atoms in total. The van der Waals surface area contributed by atoms with E-state index in [1.165, 1.54) is 11.0 Å². The summed E-state index contributed by atoms with van der Waals surface area (Å²) in [5.41, 5.74) is 6.67. The Morgan fingerprint density at radius 2 is 1.72 bits per heavy atom. The van der Waals surface area contributed by atoms with E-state index in [4.69, 9.17) is 30.5 Å². The zero-order valence-corrected chi connectivity index (χ0v) is 28.9. The van der Waals surface area contributed by atoms with Gasteiger partial charge in [-0.15, -0.1) is 0 Å².